The molecule has 0 unspecified atom stereocenters. The van der Waals surface area contributed by atoms with Crippen molar-refractivity contribution in [1.29, 1.82) is 5.26 Å². The molecule has 10 heteroatoms. The Bertz CT molecular complexity index is 1290. The summed E-state index contributed by atoms with van der Waals surface area (Å²) < 4.78 is 44.3. The smallest absolute Gasteiger partial charge is 0.276 e. The third-order valence-corrected chi connectivity index (χ3v) is 5.58. The van der Waals surface area contributed by atoms with Gasteiger partial charge in [-0.1, -0.05) is 30.3 Å². The van der Waals surface area contributed by atoms with Crippen molar-refractivity contribution in [2.75, 3.05) is 11.9 Å². The van der Waals surface area contributed by atoms with Crippen LogP contribution in [0.1, 0.15) is 28.5 Å². The molecule has 0 aliphatic heterocycles. The Morgan fingerprint density at radius 1 is 1.27 bits per heavy atom. The van der Waals surface area contributed by atoms with Crippen molar-refractivity contribution < 1.29 is 22.3 Å². The molecular weight excluding hydrogens is 447 g/mol. The number of anilines is 1. The van der Waals surface area contributed by atoms with Crippen LogP contribution in [0.4, 0.5) is 10.1 Å². The van der Waals surface area contributed by atoms with Gasteiger partial charge in [0, 0.05) is 18.9 Å². The van der Waals surface area contributed by atoms with E-state index in [2.05, 4.69) is 5.32 Å². The van der Waals surface area contributed by atoms with Crippen molar-refractivity contribution in [3.8, 4) is 11.8 Å². The Hall–Kier alpha value is -3.68. The second-order valence-electron chi connectivity index (χ2n) is 7.93. The minimum atomic E-state index is -3.06. The molecule has 2 aromatic carbocycles. The van der Waals surface area contributed by atoms with E-state index >= 15 is 0 Å². The second-order valence-corrected chi connectivity index (χ2v) is 8.92. The van der Waals surface area contributed by atoms with Crippen LogP contribution < -0.4 is 15.8 Å². The van der Waals surface area contributed by atoms with Crippen molar-refractivity contribution in [1.82, 2.24) is 4.57 Å². The fourth-order valence-corrected chi connectivity index (χ4v) is 3.96. The largest absolute Gasteiger partial charge is 0.488 e. The summed E-state index contributed by atoms with van der Waals surface area (Å²) in [6.45, 7) is 1.71. The maximum Gasteiger partial charge on any atom is 0.276 e. The van der Waals surface area contributed by atoms with Crippen LogP contribution in [0.2, 0.25) is 0 Å². The molecule has 0 bridgehead atoms. The predicted octanol–water partition coefficient (Wildman–Crippen LogP) is 2.60. The molecule has 0 fully saturated rings. The van der Waals surface area contributed by atoms with E-state index < -0.39 is 28.0 Å². The van der Waals surface area contributed by atoms with Gasteiger partial charge >= 0.3 is 0 Å². The Morgan fingerprint density at radius 3 is 2.61 bits per heavy atom. The number of nitrogens with zero attached hydrogens (tertiary/aromatic N) is 2. The minimum absolute atomic E-state index is 0.0532. The highest BCUT2D eigenvalue weighted by molar-refractivity contribution is 7.72. The highest BCUT2D eigenvalue weighted by atomic mass is 32.2. The molecule has 1 atom stereocenters. The molecule has 0 spiro atoms. The lowest BCUT2D eigenvalue weighted by Crippen LogP contribution is -2.44. The topological polar surface area (TPSA) is 127 Å². The zero-order valence-corrected chi connectivity index (χ0v) is 18.9. The maximum atomic E-state index is 13.6. The highest BCUT2D eigenvalue weighted by Gasteiger charge is 2.27. The lowest BCUT2D eigenvalue weighted by atomic mass is 9.95. The first-order valence-electron chi connectivity index (χ1n) is 9.91. The van der Waals surface area contributed by atoms with E-state index in [-0.39, 0.29) is 34.2 Å². The zero-order chi connectivity index (χ0) is 24.2. The number of ether oxygens (including phenoxy) is 1. The lowest BCUT2D eigenvalue weighted by molar-refractivity contribution is 0.101. The summed E-state index contributed by atoms with van der Waals surface area (Å²) in [4.78, 5) is 12.8. The molecular formula is C23H23FN4O4S. The van der Waals surface area contributed by atoms with Gasteiger partial charge in [0.1, 0.15) is 23.4 Å². The zero-order valence-electron chi connectivity index (χ0n) is 18.0. The van der Waals surface area contributed by atoms with E-state index in [0.717, 1.165) is 11.6 Å². The molecule has 3 aromatic rings. The van der Waals surface area contributed by atoms with Gasteiger partial charge < -0.3 is 20.4 Å². The summed E-state index contributed by atoms with van der Waals surface area (Å²) >= 11 is 0. The molecule has 33 heavy (non-hydrogen) atoms. The number of nitriles is 1. The molecule has 172 valence electrons. The standard InChI is InChI=1S/C23H23FN4O4S/c1-23(26,11-15-6-4-3-5-7-15)14-32-21-19(33(30)31)13-28(2)20(21)22(29)27-17-8-9-18(24)16(10-17)12-25/h3-10,13,33H,11,14,26H2,1-2H3,(H,27,29)/t23-/m0/s1. The average molecular weight is 471 g/mol. The number of hydrogen-bond acceptors (Lipinski definition) is 6. The van der Waals surface area contributed by atoms with Crippen molar-refractivity contribution in [2.45, 2.75) is 23.8 Å². The maximum absolute atomic E-state index is 13.6. The molecule has 0 aliphatic carbocycles. The molecule has 1 amide bonds. The van der Waals surface area contributed by atoms with E-state index in [9.17, 15) is 17.6 Å². The van der Waals surface area contributed by atoms with Crippen molar-refractivity contribution in [2.24, 2.45) is 12.8 Å². The summed E-state index contributed by atoms with van der Waals surface area (Å²) in [6, 6.07) is 14.7. The van der Waals surface area contributed by atoms with Crippen LogP contribution in [-0.4, -0.2) is 31.0 Å². The first-order valence-corrected chi connectivity index (χ1v) is 11.1. The number of carbonyl (C=O) groups excluding carboxylic acids is 1. The van der Waals surface area contributed by atoms with Gasteiger partial charge in [0.2, 0.25) is 0 Å². The SMILES string of the molecule is Cn1cc([SH](=O)=O)c(OC[C@@](C)(N)Cc2ccccc2)c1C(=O)Nc1ccc(F)c(C#N)c1. The molecule has 3 rings (SSSR count). The van der Waals surface area contributed by atoms with E-state index in [1.807, 2.05) is 30.3 Å². The van der Waals surface area contributed by atoms with Crippen LogP contribution in [0.15, 0.2) is 59.6 Å². The fourth-order valence-electron chi connectivity index (χ4n) is 3.35. The Morgan fingerprint density at radius 2 is 1.97 bits per heavy atom. The number of benzene rings is 2. The molecule has 0 radical (unpaired) electrons. The lowest BCUT2D eigenvalue weighted by Gasteiger charge is -2.25. The molecule has 0 saturated heterocycles. The van der Waals surface area contributed by atoms with Crippen LogP contribution in [-0.2, 0) is 24.2 Å². The number of rotatable bonds is 8. The van der Waals surface area contributed by atoms with Crippen molar-refractivity contribution in [3.63, 3.8) is 0 Å². The molecule has 3 N–H and O–H groups in total. The van der Waals surface area contributed by atoms with Crippen LogP contribution in [0.25, 0.3) is 0 Å². The number of nitrogens with one attached hydrogen (secondary N) is 1. The number of aryl methyl sites for hydroxylation is 1. The van der Waals surface area contributed by atoms with Gasteiger partial charge in [-0.3, -0.25) is 4.79 Å². The average Bonchev–Trinajstić information content (AvgIpc) is 3.10. The molecule has 1 heterocycles. The predicted molar refractivity (Wildman–Crippen MR) is 121 cm³/mol. The van der Waals surface area contributed by atoms with Gasteiger partial charge in [-0.2, -0.15) is 5.26 Å². The summed E-state index contributed by atoms with van der Waals surface area (Å²) in [5.74, 6) is -1.53. The third kappa shape index (κ3) is 5.77. The number of aromatic nitrogens is 1. The number of amides is 1. The van der Waals surface area contributed by atoms with Crippen LogP contribution >= 0.6 is 0 Å². The summed E-state index contributed by atoms with van der Waals surface area (Å²) in [5, 5.41) is 11.5. The third-order valence-electron chi connectivity index (χ3n) is 4.87. The van der Waals surface area contributed by atoms with E-state index in [4.69, 9.17) is 15.7 Å². The summed E-state index contributed by atoms with van der Waals surface area (Å²) in [5.41, 5.74) is 6.39. The second kappa shape index (κ2) is 9.85. The van der Waals surface area contributed by atoms with Crippen molar-refractivity contribution in [3.05, 3.63) is 77.4 Å². The molecule has 0 aliphatic rings. The Labute approximate surface area is 192 Å². The van der Waals surface area contributed by atoms with Gasteiger partial charge in [-0.15, -0.1) is 0 Å². The Kier molecular flexibility index (Phi) is 7.16. The van der Waals surface area contributed by atoms with Gasteiger partial charge in [0.25, 0.3) is 5.91 Å². The monoisotopic (exact) mass is 470 g/mol. The molecule has 1 aromatic heterocycles. The van der Waals surface area contributed by atoms with Gasteiger partial charge in [-0.05, 0) is 37.1 Å². The van der Waals surface area contributed by atoms with Crippen molar-refractivity contribution >= 4 is 22.3 Å². The van der Waals surface area contributed by atoms with E-state index in [0.29, 0.717) is 6.42 Å². The number of carbonyl (C=O) groups is 1. The fraction of sp³-hybridized carbons (Fsp3) is 0.217. The van der Waals surface area contributed by atoms with Gasteiger partial charge in [0.05, 0.1) is 11.1 Å². The number of nitrogens with two attached hydrogens (primary N) is 1. The first kappa shape index (κ1) is 24.0. The number of halogens is 1. The minimum Gasteiger partial charge on any atom is -0.488 e. The van der Waals surface area contributed by atoms with E-state index in [1.165, 1.54) is 29.9 Å². The normalized spacial score (nSPS) is 12.7. The first-order chi connectivity index (χ1) is 15.6. The summed E-state index contributed by atoms with van der Waals surface area (Å²) in [6.07, 6.45) is 1.74. The van der Waals surface area contributed by atoms with Crippen LogP contribution in [0, 0.1) is 17.1 Å². The van der Waals surface area contributed by atoms with Crippen LogP contribution in [0.3, 0.4) is 0 Å². The molecule has 8 nitrogen and oxygen atoms in total. The highest BCUT2D eigenvalue weighted by Crippen LogP contribution is 2.29. The number of thiol groups is 1. The molecule has 0 saturated carbocycles. The Balaban J connectivity index is 1.87. The van der Waals surface area contributed by atoms with Gasteiger partial charge in [0.15, 0.2) is 22.1 Å². The quantitative estimate of drug-likeness (QED) is 0.434. The summed E-state index contributed by atoms with van der Waals surface area (Å²) in [7, 11) is -1.56. The van der Waals surface area contributed by atoms with E-state index in [1.54, 1.807) is 13.0 Å². The van der Waals surface area contributed by atoms with Gasteiger partial charge in [-0.25, -0.2) is 12.8 Å². The number of hydrogen-bond donors (Lipinski definition) is 3. The van der Waals surface area contributed by atoms with Crippen LogP contribution in [0.5, 0.6) is 5.75 Å².